The molecule has 0 spiro atoms. The first-order chi connectivity index (χ1) is 14.6. The summed E-state index contributed by atoms with van der Waals surface area (Å²) in [6.45, 7) is 3.66. The molecule has 0 unspecified atom stereocenters. The van der Waals surface area contributed by atoms with E-state index in [1.54, 1.807) is 25.1 Å². The van der Waals surface area contributed by atoms with Crippen LogP contribution in [0.5, 0.6) is 11.5 Å². The summed E-state index contributed by atoms with van der Waals surface area (Å²) in [5, 5.41) is 0.844. The molecule has 1 atom stereocenters. The van der Waals surface area contributed by atoms with Gasteiger partial charge in [-0.05, 0) is 37.6 Å². The van der Waals surface area contributed by atoms with Crippen molar-refractivity contribution in [3.8, 4) is 11.5 Å². The average molecular weight is 407 g/mol. The number of hydrogen-bond acceptors (Lipinski definition) is 7. The van der Waals surface area contributed by atoms with Crippen LogP contribution >= 0.6 is 0 Å². The number of pyridine rings is 1. The van der Waals surface area contributed by atoms with Crippen molar-refractivity contribution in [2.45, 2.75) is 26.6 Å². The SMILES string of the molecule is CCOC(=O)c1c(COC(=O)[C@@H]2COc3ccccc3O2)nc2ccccc2c1C. The molecule has 7 nitrogen and oxygen atoms in total. The third-order valence-electron chi connectivity index (χ3n) is 4.83. The molecule has 2 heterocycles. The van der Waals surface area contributed by atoms with E-state index in [1.165, 1.54) is 0 Å². The first-order valence-electron chi connectivity index (χ1n) is 9.69. The molecular weight excluding hydrogens is 386 g/mol. The van der Waals surface area contributed by atoms with Crippen molar-refractivity contribution in [3.05, 3.63) is 65.4 Å². The Balaban J connectivity index is 1.56. The lowest BCUT2D eigenvalue weighted by molar-refractivity contribution is -0.156. The number of benzene rings is 2. The van der Waals surface area contributed by atoms with Gasteiger partial charge in [-0.25, -0.2) is 14.6 Å². The van der Waals surface area contributed by atoms with Gasteiger partial charge in [0.05, 0.1) is 23.4 Å². The largest absolute Gasteiger partial charge is 0.485 e. The van der Waals surface area contributed by atoms with Crippen molar-refractivity contribution in [2.75, 3.05) is 13.2 Å². The summed E-state index contributed by atoms with van der Waals surface area (Å²) in [5.74, 6) is -0.0204. The normalized spacial score (nSPS) is 14.9. The zero-order valence-corrected chi connectivity index (χ0v) is 16.7. The number of carbonyl (C=O) groups excluding carboxylic acids is 2. The van der Waals surface area contributed by atoms with E-state index in [9.17, 15) is 9.59 Å². The van der Waals surface area contributed by atoms with E-state index in [4.69, 9.17) is 18.9 Å². The molecule has 0 N–H and O–H groups in total. The second-order valence-electron chi connectivity index (χ2n) is 6.77. The summed E-state index contributed by atoms with van der Waals surface area (Å²) < 4.78 is 21.9. The fourth-order valence-corrected chi connectivity index (χ4v) is 3.39. The van der Waals surface area contributed by atoms with Crippen LogP contribution in [0.15, 0.2) is 48.5 Å². The maximum atomic E-state index is 12.6. The summed E-state index contributed by atoms with van der Waals surface area (Å²) in [5.41, 5.74) is 2.10. The number of hydrogen-bond donors (Lipinski definition) is 0. The molecule has 4 rings (SSSR count). The van der Waals surface area contributed by atoms with Crippen LogP contribution in [0.3, 0.4) is 0 Å². The van der Waals surface area contributed by atoms with Gasteiger partial charge in [0.15, 0.2) is 11.5 Å². The molecule has 0 bridgehead atoms. The van der Waals surface area contributed by atoms with Gasteiger partial charge in [0.1, 0.15) is 13.2 Å². The minimum atomic E-state index is -0.896. The maximum Gasteiger partial charge on any atom is 0.351 e. The van der Waals surface area contributed by atoms with Crippen LogP contribution in [0.2, 0.25) is 0 Å². The van der Waals surface area contributed by atoms with E-state index in [-0.39, 0.29) is 19.8 Å². The maximum absolute atomic E-state index is 12.6. The summed E-state index contributed by atoms with van der Waals surface area (Å²) in [7, 11) is 0. The monoisotopic (exact) mass is 407 g/mol. The Morgan fingerprint density at radius 3 is 2.60 bits per heavy atom. The Bertz CT molecular complexity index is 1110. The Labute approximate surface area is 173 Å². The standard InChI is InChI=1S/C23H21NO6/c1-3-27-23(26)21-14(2)15-8-4-5-9-16(15)24-17(21)12-29-22(25)20-13-28-18-10-6-7-11-19(18)30-20/h4-11,20H,3,12-13H2,1-2H3/t20-/m0/s1. The predicted molar refractivity (Wildman–Crippen MR) is 109 cm³/mol. The number of ether oxygens (including phenoxy) is 4. The molecule has 1 aliphatic heterocycles. The minimum absolute atomic E-state index is 0.0464. The topological polar surface area (TPSA) is 84.0 Å². The average Bonchev–Trinajstić information content (AvgIpc) is 2.77. The number of esters is 2. The van der Waals surface area contributed by atoms with E-state index < -0.39 is 18.0 Å². The van der Waals surface area contributed by atoms with Crippen LogP contribution < -0.4 is 9.47 Å². The second kappa shape index (κ2) is 8.41. The highest BCUT2D eigenvalue weighted by molar-refractivity contribution is 5.98. The highest BCUT2D eigenvalue weighted by atomic mass is 16.6. The number of nitrogens with zero attached hydrogens (tertiary/aromatic N) is 1. The Hall–Kier alpha value is -3.61. The zero-order chi connectivity index (χ0) is 21.1. The van der Waals surface area contributed by atoms with Crippen LogP contribution in [0.4, 0.5) is 0 Å². The van der Waals surface area contributed by atoms with Crippen molar-refractivity contribution >= 4 is 22.8 Å². The second-order valence-corrected chi connectivity index (χ2v) is 6.77. The van der Waals surface area contributed by atoms with E-state index >= 15 is 0 Å². The molecule has 0 fully saturated rings. The van der Waals surface area contributed by atoms with Crippen molar-refractivity contribution in [2.24, 2.45) is 0 Å². The van der Waals surface area contributed by atoms with Crippen molar-refractivity contribution < 1.29 is 28.5 Å². The van der Waals surface area contributed by atoms with Crippen molar-refractivity contribution in [3.63, 3.8) is 0 Å². The number of aromatic nitrogens is 1. The fraction of sp³-hybridized carbons (Fsp3) is 0.261. The molecule has 1 aromatic heterocycles. The molecule has 7 heteroatoms. The van der Waals surface area contributed by atoms with Crippen LogP contribution in [0.1, 0.15) is 28.5 Å². The molecule has 2 aromatic carbocycles. The van der Waals surface area contributed by atoms with Gasteiger partial charge in [-0.15, -0.1) is 0 Å². The lowest BCUT2D eigenvalue weighted by Crippen LogP contribution is -2.37. The van der Waals surface area contributed by atoms with E-state index in [0.717, 1.165) is 10.9 Å². The Morgan fingerprint density at radius 1 is 1.07 bits per heavy atom. The Kier molecular flexibility index (Phi) is 5.52. The molecule has 0 saturated carbocycles. The van der Waals surface area contributed by atoms with Gasteiger partial charge < -0.3 is 18.9 Å². The zero-order valence-electron chi connectivity index (χ0n) is 16.7. The van der Waals surface area contributed by atoms with Gasteiger partial charge in [0, 0.05) is 5.39 Å². The summed E-state index contributed by atoms with van der Waals surface area (Å²) in [6.07, 6.45) is -0.896. The molecule has 0 amide bonds. The van der Waals surface area contributed by atoms with Gasteiger partial charge in [0.25, 0.3) is 0 Å². The Morgan fingerprint density at radius 2 is 1.80 bits per heavy atom. The number of fused-ring (bicyclic) bond motifs is 2. The smallest absolute Gasteiger partial charge is 0.351 e. The van der Waals surface area contributed by atoms with Gasteiger partial charge in [-0.3, -0.25) is 0 Å². The van der Waals surface area contributed by atoms with Crippen LogP contribution in [-0.2, 0) is 20.9 Å². The molecule has 0 radical (unpaired) electrons. The number of aryl methyl sites for hydroxylation is 1. The highest BCUT2D eigenvalue weighted by Gasteiger charge is 2.29. The predicted octanol–water partition coefficient (Wildman–Crippen LogP) is 3.60. The molecule has 30 heavy (non-hydrogen) atoms. The first-order valence-corrected chi connectivity index (χ1v) is 9.69. The van der Waals surface area contributed by atoms with Crippen LogP contribution in [0, 0.1) is 6.92 Å². The lowest BCUT2D eigenvalue weighted by atomic mass is 10.0. The number of carbonyl (C=O) groups is 2. The number of para-hydroxylation sites is 3. The third kappa shape index (κ3) is 3.78. The van der Waals surface area contributed by atoms with Crippen LogP contribution in [0.25, 0.3) is 10.9 Å². The van der Waals surface area contributed by atoms with Gasteiger partial charge >= 0.3 is 11.9 Å². The summed E-state index contributed by atoms with van der Waals surface area (Å²) in [6, 6.07) is 14.6. The van der Waals surface area contributed by atoms with Gasteiger partial charge in [0.2, 0.25) is 6.10 Å². The van der Waals surface area contributed by atoms with E-state index in [0.29, 0.717) is 28.3 Å². The summed E-state index contributed by atoms with van der Waals surface area (Å²) >= 11 is 0. The van der Waals surface area contributed by atoms with Gasteiger partial charge in [-0.2, -0.15) is 0 Å². The molecule has 154 valence electrons. The summed E-state index contributed by atoms with van der Waals surface area (Å²) in [4.78, 5) is 29.7. The molecule has 0 aliphatic carbocycles. The highest BCUT2D eigenvalue weighted by Crippen LogP contribution is 2.31. The van der Waals surface area contributed by atoms with Gasteiger partial charge in [-0.1, -0.05) is 30.3 Å². The minimum Gasteiger partial charge on any atom is -0.485 e. The first kappa shape index (κ1) is 19.7. The molecule has 3 aromatic rings. The molecule has 1 aliphatic rings. The molecule has 0 saturated heterocycles. The van der Waals surface area contributed by atoms with Crippen molar-refractivity contribution in [1.29, 1.82) is 0 Å². The lowest BCUT2D eigenvalue weighted by Gasteiger charge is -2.25. The number of rotatable bonds is 5. The third-order valence-corrected chi connectivity index (χ3v) is 4.83. The van der Waals surface area contributed by atoms with Crippen LogP contribution in [-0.4, -0.2) is 36.2 Å². The van der Waals surface area contributed by atoms with Crippen molar-refractivity contribution in [1.82, 2.24) is 4.98 Å². The molecular formula is C23H21NO6. The van der Waals surface area contributed by atoms with E-state index in [2.05, 4.69) is 4.98 Å². The quantitative estimate of drug-likeness (QED) is 0.598. The fourth-order valence-electron chi connectivity index (χ4n) is 3.39. The van der Waals surface area contributed by atoms with E-state index in [1.807, 2.05) is 37.3 Å².